The summed E-state index contributed by atoms with van der Waals surface area (Å²) in [5.74, 6) is 0.526. The van der Waals surface area contributed by atoms with Crippen LogP contribution in [0.1, 0.15) is 50.5 Å². The number of benzene rings is 1. The highest BCUT2D eigenvalue weighted by molar-refractivity contribution is 5.75. The Kier molecular flexibility index (Phi) is 7.91. The molecule has 1 rings (SSSR count). The van der Waals surface area contributed by atoms with E-state index in [1.807, 2.05) is 18.2 Å². The first-order chi connectivity index (χ1) is 9.24. The van der Waals surface area contributed by atoms with Gasteiger partial charge in [-0.1, -0.05) is 50.1 Å². The third kappa shape index (κ3) is 6.97. The van der Waals surface area contributed by atoms with Crippen LogP contribution in [0.5, 0.6) is 0 Å². The zero-order valence-corrected chi connectivity index (χ0v) is 11.9. The van der Waals surface area contributed by atoms with E-state index in [1.165, 1.54) is 5.56 Å². The number of amides is 1. The zero-order chi connectivity index (χ0) is 13.9. The van der Waals surface area contributed by atoms with E-state index in [0.717, 1.165) is 32.2 Å². The van der Waals surface area contributed by atoms with Crippen molar-refractivity contribution in [3.8, 4) is 0 Å². The second-order valence-corrected chi connectivity index (χ2v) is 5.07. The molecule has 3 N–H and O–H groups in total. The van der Waals surface area contributed by atoms with Gasteiger partial charge >= 0.3 is 0 Å². The van der Waals surface area contributed by atoms with Gasteiger partial charge in [-0.05, 0) is 30.9 Å². The lowest BCUT2D eigenvalue weighted by molar-refractivity contribution is -0.121. The molecule has 3 heteroatoms. The molecule has 0 radical (unpaired) electrons. The van der Waals surface area contributed by atoms with Crippen molar-refractivity contribution < 1.29 is 4.79 Å². The molecule has 106 valence electrons. The number of carbonyl (C=O) groups excluding carboxylic acids is 1. The molecular weight excluding hydrogens is 236 g/mol. The summed E-state index contributed by atoms with van der Waals surface area (Å²) in [5.41, 5.74) is 6.70. The highest BCUT2D eigenvalue weighted by atomic mass is 16.1. The number of nitrogens with one attached hydrogen (secondary N) is 1. The van der Waals surface area contributed by atoms with Crippen molar-refractivity contribution >= 4 is 5.91 Å². The summed E-state index contributed by atoms with van der Waals surface area (Å²) in [7, 11) is 0. The first-order valence-corrected chi connectivity index (χ1v) is 7.25. The molecule has 0 aliphatic rings. The predicted octanol–water partition coefficient (Wildman–Crippen LogP) is 2.82. The smallest absolute Gasteiger partial charge is 0.220 e. The van der Waals surface area contributed by atoms with Gasteiger partial charge in [0.2, 0.25) is 5.91 Å². The molecule has 0 heterocycles. The van der Waals surface area contributed by atoms with Crippen LogP contribution in [-0.4, -0.2) is 19.0 Å². The number of unbranched alkanes of at least 4 members (excludes halogenated alkanes) is 3. The van der Waals surface area contributed by atoms with Crippen LogP contribution in [-0.2, 0) is 4.79 Å². The summed E-state index contributed by atoms with van der Waals surface area (Å²) in [6, 6.07) is 10.3. The van der Waals surface area contributed by atoms with Crippen molar-refractivity contribution in [1.82, 2.24) is 5.32 Å². The summed E-state index contributed by atoms with van der Waals surface area (Å²) in [4.78, 5) is 11.7. The van der Waals surface area contributed by atoms with Crippen LogP contribution in [0.15, 0.2) is 30.3 Å². The van der Waals surface area contributed by atoms with Crippen molar-refractivity contribution in [3.63, 3.8) is 0 Å². The van der Waals surface area contributed by atoms with Gasteiger partial charge in [0.1, 0.15) is 0 Å². The standard InChI is InChI=1S/C16H26N2O/c1-14(15-9-5-4-6-10-15)13-18-16(19)11-7-2-3-8-12-17/h4-6,9-10,14H,2-3,7-8,11-13,17H2,1H3,(H,18,19). The molecule has 0 fully saturated rings. The molecule has 1 amide bonds. The second-order valence-electron chi connectivity index (χ2n) is 5.07. The molecule has 0 aromatic heterocycles. The first kappa shape index (κ1) is 15.7. The van der Waals surface area contributed by atoms with Crippen LogP contribution in [0.25, 0.3) is 0 Å². The summed E-state index contributed by atoms with van der Waals surface area (Å²) in [6.07, 6.45) is 4.88. The molecule has 1 aromatic rings. The lowest BCUT2D eigenvalue weighted by Gasteiger charge is -2.13. The van der Waals surface area contributed by atoms with E-state index >= 15 is 0 Å². The zero-order valence-electron chi connectivity index (χ0n) is 11.9. The molecule has 1 atom stereocenters. The normalized spacial score (nSPS) is 12.1. The molecule has 0 bridgehead atoms. The highest BCUT2D eigenvalue weighted by Gasteiger charge is 2.07. The van der Waals surface area contributed by atoms with Gasteiger partial charge in [0.05, 0.1) is 0 Å². The van der Waals surface area contributed by atoms with Crippen LogP contribution in [0.2, 0.25) is 0 Å². The Balaban J connectivity index is 2.13. The van der Waals surface area contributed by atoms with Crippen LogP contribution in [0, 0.1) is 0 Å². The Hall–Kier alpha value is -1.35. The topological polar surface area (TPSA) is 55.1 Å². The van der Waals surface area contributed by atoms with Gasteiger partial charge in [-0.3, -0.25) is 4.79 Å². The third-order valence-electron chi connectivity index (χ3n) is 3.33. The van der Waals surface area contributed by atoms with Gasteiger partial charge in [-0.25, -0.2) is 0 Å². The highest BCUT2D eigenvalue weighted by Crippen LogP contribution is 2.13. The number of hydrogen-bond donors (Lipinski definition) is 2. The quantitative estimate of drug-likeness (QED) is 0.672. The largest absolute Gasteiger partial charge is 0.356 e. The Morgan fingerprint density at radius 3 is 2.53 bits per heavy atom. The van der Waals surface area contributed by atoms with E-state index in [1.54, 1.807) is 0 Å². The molecule has 1 aromatic carbocycles. The number of rotatable bonds is 9. The van der Waals surface area contributed by atoms with Crippen LogP contribution in [0.4, 0.5) is 0 Å². The lowest BCUT2D eigenvalue weighted by atomic mass is 10.0. The maximum Gasteiger partial charge on any atom is 0.220 e. The Bertz CT molecular complexity index is 351. The summed E-state index contributed by atoms with van der Waals surface area (Å²) >= 11 is 0. The minimum atomic E-state index is 0.163. The maximum absolute atomic E-state index is 11.7. The third-order valence-corrected chi connectivity index (χ3v) is 3.33. The Morgan fingerprint density at radius 1 is 1.16 bits per heavy atom. The van der Waals surface area contributed by atoms with Gasteiger partial charge < -0.3 is 11.1 Å². The van der Waals surface area contributed by atoms with Crippen molar-refractivity contribution in [2.75, 3.05) is 13.1 Å². The van der Waals surface area contributed by atoms with Gasteiger partial charge in [0, 0.05) is 13.0 Å². The fourth-order valence-corrected chi connectivity index (χ4v) is 2.04. The van der Waals surface area contributed by atoms with Crippen molar-refractivity contribution in [1.29, 1.82) is 0 Å². The van der Waals surface area contributed by atoms with Crippen molar-refractivity contribution in [2.24, 2.45) is 5.73 Å². The van der Waals surface area contributed by atoms with E-state index in [-0.39, 0.29) is 5.91 Å². The summed E-state index contributed by atoms with van der Waals surface area (Å²) < 4.78 is 0. The first-order valence-electron chi connectivity index (χ1n) is 7.25. The summed E-state index contributed by atoms with van der Waals surface area (Å²) in [5, 5.41) is 3.01. The number of carbonyl (C=O) groups is 1. The molecule has 1 unspecified atom stereocenters. The molecule has 0 saturated heterocycles. The Morgan fingerprint density at radius 2 is 1.84 bits per heavy atom. The minimum absolute atomic E-state index is 0.163. The van der Waals surface area contributed by atoms with E-state index in [2.05, 4.69) is 24.4 Å². The van der Waals surface area contributed by atoms with Crippen LogP contribution < -0.4 is 11.1 Å². The fourth-order valence-electron chi connectivity index (χ4n) is 2.04. The van der Waals surface area contributed by atoms with Crippen molar-refractivity contribution in [3.05, 3.63) is 35.9 Å². The van der Waals surface area contributed by atoms with E-state index < -0.39 is 0 Å². The Labute approximate surface area is 116 Å². The number of hydrogen-bond acceptors (Lipinski definition) is 2. The minimum Gasteiger partial charge on any atom is -0.356 e. The van der Waals surface area contributed by atoms with Gasteiger partial charge in [0.15, 0.2) is 0 Å². The molecule has 0 saturated carbocycles. The maximum atomic E-state index is 11.7. The van der Waals surface area contributed by atoms with Crippen LogP contribution >= 0.6 is 0 Å². The molecule has 0 aliphatic heterocycles. The second kappa shape index (κ2) is 9.56. The monoisotopic (exact) mass is 262 g/mol. The average molecular weight is 262 g/mol. The van der Waals surface area contributed by atoms with E-state index in [0.29, 0.717) is 18.9 Å². The SMILES string of the molecule is CC(CNC(=O)CCCCCCN)c1ccccc1. The lowest BCUT2D eigenvalue weighted by Crippen LogP contribution is -2.27. The van der Waals surface area contributed by atoms with E-state index in [4.69, 9.17) is 5.73 Å². The van der Waals surface area contributed by atoms with Crippen LogP contribution in [0.3, 0.4) is 0 Å². The van der Waals surface area contributed by atoms with E-state index in [9.17, 15) is 4.79 Å². The van der Waals surface area contributed by atoms with Gasteiger partial charge in [-0.2, -0.15) is 0 Å². The molecular formula is C16H26N2O. The van der Waals surface area contributed by atoms with Gasteiger partial charge in [-0.15, -0.1) is 0 Å². The van der Waals surface area contributed by atoms with Gasteiger partial charge in [0.25, 0.3) is 0 Å². The van der Waals surface area contributed by atoms with Crippen molar-refractivity contribution in [2.45, 2.75) is 44.9 Å². The molecule has 0 spiro atoms. The number of nitrogens with two attached hydrogens (primary N) is 1. The molecule has 19 heavy (non-hydrogen) atoms. The molecule has 3 nitrogen and oxygen atoms in total. The fraction of sp³-hybridized carbons (Fsp3) is 0.562. The average Bonchev–Trinajstić information content (AvgIpc) is 2.45. The predicted molar refractivity (Wildman–Crippen MR) is 80.0 cm³/mol. The molecule has 0 aliphatic carbocycles. The summed E-state index contributed by atoms with van der Waals surface area (Å²) in [6.45, 7) is 3.60.